The maximum Gasteiger partial charge on any atom is 0.181 e. The van der Waals surface area contributed by atoms with Gasteiger partial charge in [-0.3, -0.25) is 4.79 Å². The van der Waals surface area contributed by atoms with Gasteiger partial charge in [-0.05, 0) is 13.8 Å². The molecule has 0 aliphatic carbocycles. The van der Waals surface area contributed by atoms with Crippen LogP contribution in [0.25, 0.3) is 0 Å². The standard InChI is InChI=1S/C5H9BrO3S/c1-4(7)5(2,6)10(3,8)9/h1-3H3. The third kappa shape index (κ3) is 1.79. The maximum absolute atomic E-state index is 10.8. The first-order valence-electron chi connectivity index (χ1n) is 2.59. The van der Waals surface area contributed by atoms with Crippen LogP contribution in [0.3, 0.4) is 0 Å². The van der Waals surface area contributed by atoms with Crippen molar-refractivity contribution in [1.29, 1.82) is 0 Å². The highest BCUT2D eigenvalue weighted by atomic mass is 79.9. The molecule has 0 aromatic carbocycles. The summed E-state index contributed by atoms with van der Waals surface area (Å²) in [6, 6.07) is 0. The molecule has 0 fully saturated rings. The Balaban J connectivity index is 4.95. The van der Waals surface area contributed by atoms with Crippen LogP contribution in [0.4, 0.5) is 0 Å². The second-order valence-electron chi connectivity index (χ2n) is 2.25. The van der Waals surface area contributed by atoms with Gasteiger partial charge in [0.05, 0.1) is 0 Å². The maximum atomic E-state index is 10.8. The predicted octanol–water partition coefficient (Wildman–Crippen LogP) is 0.731. The van der Waals surface area contributed by atoms with Gasteiger partial charge in [-0.2, -0.15) is 0 Å². The number of alkyl halides is 1. The molecule has 0 spiro atoms. The number of rotatable bonds is 2. The van der Waals surface area contributed by atoms with Gasteiger partial charge in [0.25, 0.3) is 0 Å². The molecule has 0 aromatic rings. The summed E-state index contributed by atoms with van der Waals surface area (Å²) in [5.74, 6) is -0.407. The molecule has 0 radical (unpaired) electrons. The van der Waals surface area contributed by atoms with E-state index in [1.165, 1.54) is 13.8 Å². The van der Waals surface area contributed by atoms with Crippen molar-refractivity contribution in [3.63, 3.8) is 0 Å². The first-order valence-corrected chi connectivity index (χ1v) is 5.27. The molecule has 1 unspecified atom stereocenters. The molecule has 0 saturated heterocycles. The van der Waals surface area contributed by atoms with Gasteiger partial charge in [0.15, 0.2) is 19.3 Å². The number of carbonyl (C=O) groups is 1. The largest absolute Gasteiger partial charge is 0.297 e. The Morgan fingerprint density at radius 1 is 1.50 bits per heavy atom. The van der Waals surface area contributed by atoms with E-state index in [2.05, 4.69) is 15.9 Å². The molecule has 0 aromatic heterocycles. The molecule has 0 rings (SSSR count). The van der Waals surface area contributed by atoms with Gasteiger partial charge >= 0.3 is 0 Å². The zero-order chi connectivity index (χ0) is 8.58. The molecule has 0 aliphatic heterocycles. The summed E-state index contributed by atoms with van der Waals surface area (Å²) in [6.45, 7) is 2.56. The van der Waals surface area contributed by atoms with Crippen molar-refractivity contribution in [2.75, 3.05) is 6.26 Å². The van der Waals surface area contributed by atoms with Crippen LogP contribution in [-0.2, 0) is 14.6 Å². The third-order valence-corrected chi connectivity index (χ3v) is 5.33. The lowest BCUT2D eigenvalue weighted by molar-refractivity contribution is -0.116. The fraction of sp³-hybridized carbons (Fsp3) is 0.800. The lowest BCUT2D eigenvalue weighted by atomic mass is 10.3. The van der Waals surface area contributed by atoms with Crippen molar-refractivity contribution < 1.29 is 13.2 Å². The number of carbonyl (C=O) groups excluding carboxylic acids is 1. The number of Topliss-reactive ketones (excluding diaryl/α,β-unsaturated/α-hetero) is 1. The minimum absolute atomic E-state index is 0.407. The van der Waals surface area contributed by atoms with Crippen molar-refractivity contribution in [1.82, 2.24) is 0 Å². The summed E-state index contributed by atoms with van der Waals surface area (Å²) in [5.41, 5.74) is 0. The van der Waals surface area contributed by atoms with Crippen LogP contribution in [0.1, 0.15) is 13.8 Å². The highest BCUT2D eigenvalue weighted by Gasteiger charge is 2.37. The Hall–Kier alpha value is 0.1000. The second-order valence-corrected chi connectivity index (χ2v) is 6.72. The van der Waals surface area contributed by atoms with Gasteiger partial charge in [0, 0.05) is 6.26 Å². The van der Waals surface area contributed by atoms with Crippen molar-refractivity contribution in [3.05, 3.63) is 0 Å². The molecule has 3 nitrogen and oxygen atoms in total. The van der Waals surface area contributed by atoms with Crippen LogP contribution in [-0.4, -0.2) is 24.1 Å². The summed E-state index contributed by atoms with van der Waals surface area (Å²) >= 11 is 2.83. The molecule has 1 atom stereocenters. The fourth-order valence-corrected chi connectivity index (χ4v) is 0.783. The van der Waals surface area contributed by atoms with Crippen LogP contribution in [0.15, 0.2) is 0 Å². The Kier molecular flexibility index (Phi) is 2.64. The van der Waals surface area contributed by atoms with Gasteiger partial charge in [-0.25, -0.2) is 8.42 Å². The Morgan fingerprint density at radius 2 is 1.80 bits per heavy atom. The number of ketones is 1. The zero-order valence-electron chi connectivity index (χ0n) is 6.01. The van der Waals surface area contributed by atoms with Gasteiger partial charge < -0.3 is 0 Å². The zero-order valence-corrected chi connectivity index (χ0v) is 8.41. The molecular formula is C5H9BrO3S. The van der Waals surface area contributed by atoms with Crippen molar-refractivity contribution in [2.24, 2.45) is 0 Å². The molecule has 10 heavy (non-hydrogen) atoms. The SMILES string of the molecule is CC(=O)C(C)(Br)S(C)(=O)=O. The molecule has 0 N–H and O–H groups in total. The smallest absolute Gasteiger partial charge is 0.181 e. The molecular weight excluding hydrogens is 220 g/mol. The van der Waals surface area contributed by atoms with Gasteiger partial charge in [0.1, 0.15) is 0 Å². The van der Waals surface area contributed by atoms with Crippen molar-refractivity contribution in [2.45, 2.75) is 17.5 Å². The summed E-state index contributed by atoms with van der Waals surface area (Å²) in [6.07, 6.45) is 1.02. The minimum atomic E-state index is -3.33. The average molecular weight is 229 g/mol. The normalized spacial score (nSPS) is 18.0. The topological polar surface area (TPSA) is 51.2 Å². The van der Waals surface area contributed by atoms with E-state index in [4.69, 9.17) is 0 Å². The highest BCUT2D eigenvalue weighted by Crippen LogP contribution is 2.24. The quantitative estimate of drug-likeness (QED) is 0.656. The number of hydrogen-bond donors (Lipinski definition) is 0. The van der Waals surface area contributed by atoms with E-state index in [1.54, 1.807) is 0 Å². The average Bonchev–Trinajstić information content (AvgIpc) is 1.62. The monoisotopic (exact) mass is 228 g/mol. The molecule has 60 valence electrons. The Morgan fingerprint density at radius 3 is 1.80 bits per heavy atom. The Labute approximate surface area is 68.9 Å². The second kappa shape index (κ2) is 2.62. The number of hydrogen-bond acceptors (Lipinski definition) is 3. The van der Waals surface area contributed by atoms with Crippen LogP contribution in [0, 0.1) is 0 Å². The van der Waals surface area contributed by atoms with E-state index in [1.807, 2.05) is 0 Å². The minimum Gasteiger partial charge on any atom is -0.297 e. The van der Waals surface area contributed by atoms with E-state index < -0.39 is 19.3 Å². The highest BCUT2D eigenvalue weighted by molar-refractivity contribution is 9.12. The molecule has 0 heterocycles. The van der Waals surface area contributed by atoms with Gasteiger partial charge in [-0.15, -0.1) is 0 Å². The van der Waals surface area contributed by atoms with E-state index in [9.17, 15) is 13.2 Å². The molecule has 0 aliphatic rings. The van der Waals surface area contributed by atoms with Crippen LogP contribution in [0.2, 0.25) is 0 Å². The van der Waals surface area contributed by atoms with Crippen LogP contribution in [0.5, 0.6) is 0 Å². The summed E-state index contributed by atoms with van der Waals surface area (Å²) < 4.78 is 20.2. The first kappa shape index (κ1) is 10.1. The summed E-state index contributed by atoms with van der Waals surface area (Å²) in [4.78, 5) is 10.7. The molecule has 0 amide bonds. The van der Waals surface area contributed by atoms with Gasteiger partial charge in [-0.1, -0.05) is 15.9 Å². The fourth-order valence-electron chi connectivity index (χ4n) is 0.261. The number of halogens is 1. The third-order valence-electron chi connectivity index (χ3n) is 1.33. The number of sulfone groups is 1. The first-order chi connectivity index (χ1) is 4.19. The van der Waals surface area contributed by atoms with Crippen LogP contribution < -0.4 is 0 Å². The van der Waals surface area contributed by atoms with Gasteiger partial charge in [0.2, 0.25) is 0 Å². The lowest BCUT2D eigenvalue weighted by Crippen LogP contribution is -2.34. The molecule has 5 heteroatoms. The molecule has 0 saturated carbocycles. The lowest BCUT2D eigenvalue weighted by Gasteiger charge is -2.15. The Bertz CT molecular complexity index is 240. The van der Waals surface area contributed by atoms with Crippen molar-refractivity contribution >= 4 is 31.6 Å². The van der Waals surface area contributed by atoms with E-state index in [0.717, 1.165) is 6.26 Å². The van der Waals surface area contributed by atoms with Crippen molar-refractivity contribution in [3.8, 4) is 0 Å². The summed E-state index contributed by atoms with van der Waals surface area (Å²) in [5, 5.41) is 0. The van der Waals surface area contributed by atoms with E-state index in [0.29, 0.717) is 0 Å². The molecule has 0 bridgehead atoms. The van der Waals surface area contributed by atoms with E-state index >= 15 is 0 Å². The van der Waals surface area contributed by atoms with Crippen LogP contribution >= 0.6 is 15.9 Å². The van der Waals surface area contributed by atoms with E-state index in [-0.39, 0.29) is 0 Å². The summed E-state index contributed by atoms with van der Waals surface area (Å²) in [7, 11) is -3.33. The predicted molar refractivity (Wildman–Crippen MR) is 42.9 cm³/mol.